The van der Waals surface area contributed by atoms with E-state index in [4.69, 9.17) is 9.84 Å². The highest BCUT2D eigenvalue weighted by molar-refractivity contribution is 7.91. The van der Waals surface area contributed by atoms with Crippen LogP contribution in [0.15, 0.2) is 59.5 Å². The number of ether oxygens (including phenoxy) is 1. The van der Waals surface area contributed by atoms with Crippen LogP contribution in [0.4, 0.5) is 0 Å². The van der Waals surface area contributed by atoms with Crippen LogP contribution in [0.2, 0.25) is 0 Å². The molecular formula is C16H16O5S. The predicted molar refractivity (Wildman–Crippen MR) is 81.5 cm³/mol. The molecule has 22 heavy (non-hydrogen) atoms. The molecule has 0 atom stereocenters. The first kappa shape index (κ1) is 16.0. The van der Waals surface area contributed by atoms with E-state index in [-0.39, 0.29) is 4.90 Å². The van der Waals surface area contributed by atoms with Gasteiger partial charge in [-0.25, -0.2) is 8.42 Å². The Morgan fingerprint density at radius 3 is 2.23 bits per heavy atom. The molecular weight excluding hydrogens is 304 g/mol. The second-order valence-corrected chi connectivity index (χ2v) is 6.82. The van der Waals surface area contributed by atoms with Gasteiger partial charge in [-0.3, -0.25) is 4.79 Å². The molecule has 0 amide bonds. The Labute approximate surface area is 129 Å². The van der Waals surface area contributed by atoms with Gasteiger partial charge in [-0.05, 0) is 29.8 Å². The molecule has 0 aromatic heterocycles. The zero-order chi connectivity index (χ0) is 16.0. The molecule has 0 radical (unpaired) electrons. The van der Waals surface area contributed by atoms with Gasteiger partial charge in [-0.15, -0.1) is 0 Å². The average Bonchev–Trinajstić information content (AvgIpc) is 2.52. The summed E-state index contributed by atoms with van der Waals surface area (Å²) >= 11 is 0. The van der Waals surface area contributed by atoms with Gasteiger partial charge in [0.15, 0.2) is 9.84 Å². The third kappa shape index (κ3) is 4.60. The molecule has 5 nitrogen and oxygen atoms in total. The van der Waals surface area contributed by atoms with E-state index in [9.17, 15) is 13.2 Å². The standard InChI is InChI=1S/C16H16O5S/c17-16(18)10-11-22(19,20)15-8-6-14(7-9-15)21-12-13-4-2-1-3-5-13/h1-9H,10-12H2,(H,17,18). The van der Waals surface area contributed by atoms with Crippen LogP contribution in [0.25, 0.3) is 0 Å². The molecule has 0 aliphatic carbocycles. The van der Waals surface area contributed by atoms with Crippen molar-refractivity contribution in [2.24, 2.45) is 0 Å². The number of carboxylic acids is 1. The number of benzene rings is 2. The number of carbonyl (C=O) groups is 1. The van der Waals surface area contributed by atoms with Gasteiger partial charge in [-0.1, -0.05) is 30.3 Å². The molecule has 0 heterocycles. The minimum Gasteiger partial charge on any atom is -0.489 e. The molecule has 0 aliphatic heterocycles. The molecule has 0 aliphatic rings. The summed E-state index contributed by atoms with van der Waals surface area (Å²) < 4.78 is 29.4. The second kappa shape index (κ2) is 7.09. The quantitative estimate of drug-likeness (QED) is 0.848. The van der Waals surface area contributed by atoms with Gasteiger partial charge in [0.2, 0.25) is 0 Å². The topological polar surface area (TPSA) is 80.7 Å². The van der Waals surface area contributed by atoms with E-state index >= 15 is 0 Å². The molecule has 0 unspecified atom stereocenters. The first-order valence-corrected chi connectivity index (χ1v) is 8.34. The van der Waals surface area contributed by atoms with Gasteiger partial charge >= 0.3 is 5.97 Å². The number of sulfone groups is 1. The Morgan fingerprint density at radius 2 is 1.64 bits per heavy atom. The van der Waals surface area contributed by atoms with Crippen molar-refractivity contribution in [3.8, 4) is 5.75 Å². The van der Waals surface area contributed by atoms with Crippen molar-refractivity contribution in [2.75, 3.05) is 5.75 Å². The summed E-state index contributed by atoms with van der Waals surface area (Å²) in [5.41, 5.74) is 1.01. The Morgan fingerprint density at radius 1 is 1.00 bits per heavy atom. The minimum absolute atomic E-state index is 0.0980. The number of hydrogen-bond acceptors (Lipinski definition) is 4. The van der Waals surface area contributed by atoms with E-state index < -0.39 is 28.0 Å². The van der Waals surface area contributed by atoms with Gasteiger partial charge in [0.05, 0.1) is 17.1 Å². The zero-order valence-corrected chi connectivity index (χ0v) is 12.6. The number of aliphatic carboxylic acids is 1. The summed E-state index contributed by atoms with van der Waals surface area (Å²) in [6.45, 7) is 0.395. The van der Waals surface area contributed by atoms with Crippen LogP contribution in [0, 0.1) is 0 Å². The maximum Gasteiger partial charge on any atom is 0.304 e. The first-order valence-electron chi connectivity index (χ1n) is 6.69. The highest BCUT2D eigenvalue weighted by Gasteiger charge is 2.16. The van der Waals surface area contributed by atoms with Crippen molar-refractivity contribution < 1.29 is 23.1 Å². The summed E-state index contributed by atoms with van der Waals surface area (Å²) in [5, 5.41) is 8.56. The van der Waals surface area contributed by atoms with Crippen molar-refractivity contribution in [1.82, 2.24) is 0 Å². The van der Waals surface area contributed by atoms with Crippen molar-refractivity contribution in [3.05, 3.63) is 60.2 Å². The average molecular weight is 320 g/mol. The van der Waals surface area contributed by atoms with Crippen LogP contribution in [0.1, 0.15) is 12.0 Å². The zero-order valence-electron chi connectivity index (χ0n) is 11.8. The fraction of sp³-hybridized carbons (Fsp3) is 0.188. The Hall–Kier alpha value is -2.34. The van der Waals surface area contributed by atoms with E-state index in [1.165, 1.54) is 12.1 Å². The summed E-state index contributed by atoms with van der Waals surface area (Å²) in [4.78, 5) is 10.6. The third-order valence-electron chi connectivity index (χ3n) is 3.02. The van der Waals surface area contributed by atoms with Crippen molar-refractivity contribution in [3.63, 3.8) is 0 Å². The molecule has 0 saturated heterocycles. The van der Waals surface area contributed by atoms with E-state index in [2.05, 4.69) is 0 Å². The lowest BCUT2D eigenvalue weighted by Gasteiger charge is -2.07. The molecule has 2 aromatic rings. The summed E-state index contributed by atoms with van der Waals surface area (Å²) in [7, 11) is -3.58. The molecule has 0 saturated carbocycles. The Kier molecular flexibility index (Phi) is 5.16. The third-order valence-corrected chi connectivity index (χ3v) is 4.75. The SMILES string of the molecule is O=C(O)CCS(=O)(=O)c1ccc(OCc2ccccc2)cc1. The van der Waals surface area contributed by atoms with Crippen LogP contribution in [-0.4, -0.2) is 25.2 Å². The summed E-state index contributed by atoms with van der Waals surface area (Å²) in [6.07, 6.45) is -0.408. The molecule has 0 spiro atoms. The molecule has 2 rings (SSSR count). The lowest BCUT2D eigenvalue weighted by molar-refractivity contribution is -0.136. The minimum atomic E-state index is -3.58. The second-order valence-electron chi connectivity index (χ2n) is 4.71. The Balaban J connectivity index is 1.99. The number of hydrogen-bond donors (Lipinski definition) is 1. The molecule has 1 N–H and O–H groups in total. The fourth-order valence-corrected chi connectivity index (χ4v) is 3.05. The maximum absolute atomic E-state index is 11.9. The first-order chi connectivity index (χ1) is 10.5. The Bertz CT molecular complexity index is 721. The van der Waals surface area contributed by atoms with Crippen LogP contribution in [0.3, 0.4) is 0 Å². The maximum atomic E-state index is 11.9. The molecule has 6 heteroatoms. The van der Waals surface area contributed by atoms with Gasteiger partial charge in [0.25, 0.3) is 0 Å². The van der Waals surface area contributed by atoms with Crippen molar-refractivity contribution in [2.45, 2.75) is 17.9 Å². The molecule has 2 aromatic carbocycles. The lowest BCUT2D eigenvalue weighted by atomic mass is 10.2. The van der Waals surface area contributed by atoms with Gasteiger partial charge in [-0.2, -0.15) is 0 Å². The fourth-order valence-electron chi connectivity index (χ4n) is 1.82. The highest BCUT2D eigenvalue weighted by atomic mass is 32.2. The summed E-state index contributed by atoms with van der Waals surface area (Å²) in [5.74, 6) is -0.987. The highest BCUT2D eigenvalue weighted by Crippen LogP contribution is 2.18. The normalized spacial score (nSPS) is 11.1. The largest absolute Gasteiger partial charge is 0.489 e. The van der Waals surface area contributed by atoms with Gasteiger partial charge < -0.3 is 9.84 Å². The van der Waals surface area contributed by atoms with Gasteiger partial charge in [0.1, 0.15) is 12.4 Å². The van der Waals surface area contributed by atoms with E-state index in [1.54, 1.807) is 12.1 Å². The number of rotatable bonds is 7. The molecule has 0 fully saturated rings. The smallest absolute Gasteiger partial charge is 0.304 e. The van der Waals surface area contributed by atoms with E-state index in [0.29, 0.717) is 12.4 Å². The molecule has 0 bridgehead atoms. The summed E-state index contributed by atoms with van der Waals surface area (Å²) in [6, 6.07) is 15.6. The van der Waals surface area contributed by atoms with Crippen molar-refractivity contribution in [1.29, 1.82) is 0 Å². The van der Waals surface area contributed by atoms with Crippen LogP contribution in [-0.2, 0) is 21.2 Å². The monoisotopic (exact) mass is 320 g/mol. The lowest BCUT2D eigenvalue weighted by Crippen LogP contribution is -2.10. The molecule has 116 valence electrons. The number of carboxylic acid groups (broad SMARTS) is 1. The van der Waals surface area contributed by atoms with Crippen LogP contribution >= 0.6 is 0 Å². The van der Waals surface area contributed by atoms with Crippen LogP contribution in [0.5, 0.6) is 5.75 Å². The van der Waals surface area contributed by atoms with Crippen LogP contribution < -0.4 is 4.74 Å². The van der Waals surface area contributed by atoms with Crippen molar-refractivity contribution >= 4 is 15.8 Å². The predicted octanol–water partition coefficient (Wildman–Crippen LogP) is 2.51. The van der Waals surface area contributed by atoms with E-state index in [0.717, 1.165) is 5.56 Å². The van der Waals surface area contributed by atoms with E-state index in [1.807, 2.05) is 30.3 Å². The van der Waals surface area contributed by atoms with Gasteiger partial charge in [0, 0.05) is 0 Å².